The summed E-state index contributed by atoms with van der Waals surface area (Å²) in [5, 5.41) is 9.23. The molecule has 0 spiro atoms. The Hall–Kier alpha value is -2.34. The first-order valence-electron chi connectivity index (χ1n) is 5.89. The van der Waals surface area contributed by atoms with E-state index in [4.69, 9.17) is 27.2 Å². The number of pyridine rings is 1. The summed E-state index contributed by atoms with van der Waals surface area (Å²) < 4.78 is 19.2. The Bertz CT molecular complexity index is 735. The molecule has 21 heavy (non-hydrogen) atoms. The van der Waals surface area contributed by atoms with Gasteiger partial charge in [0.05, 0.1) is 17.8 Å². The van der Waals surface area contributed by atoms with Crippen molar-refractivity contribution < 1.29 is 19.0 Å². The summed E-state index contributed by atoms with van der Waals surface area (Å²) in [5.74, 6) is -2.09. The third kappa shape index (κ3) is 2.62. The van der Waals surface area contributed by atoms with Crippen LogP contribution in [0.15, 0.2) is 18.2 Å². The average Bonchev–Trinajstić information content (AvgIpc) is 2.42. The number of nitrogen functional groups attached to an aromatic ring is 1. The van der Waals surface area contributed by atoms with Gasteiger partial charge in [0, 0.05) is 16.8 Å². The lowest BCUT2D eigenvalue weighted by molar-refractivity contribution is 0.0690. The van der Waals surface area contributed by atoms with E-state index in [1.807, 2.05) is 0 Å². The van der Waals surface area contributed by atoms with Gasteiger partial charge in [-0.25, -0.2) is 14.2 Å². The SMILES string of the molecule is COc1c(Cl)ccc(-c2cc(N)c(C)c(C(=O)O)n2)c1F. The van der Waals surface area contributed by atoms with E-state index in [9.17, 15) is 9.18 Å². The second-order valence-corrected chi connectivity index (χ2v) is 4.72. The fraction of sp³-hybridized carbons (Fsp3) is 0.143. The highest BCUT2D eigenvalue weighted by atomic mass is 35.5. The number of methoxy groups -OCH3 is 1. The molecule has 0 unspecified atom stereocenters. The number of anilines is 1. The molecule has 3 N–H and O–H groups in total. The number of aromatic carboxylic acids is 1. The third-order valence-corrected chi connectivity index (χ3v) is 3.34. The fourth-order valence-electron chi connectivity index (χ4n) is 1.89. The van der Waals surface area contributed by atoms with E-state index in [2.05, 4.69) is 4.98 Å². The molecule has 1 heterocycles. The van der Waals surface area contributed by atoms with Crippen LogP contribution in [0.3, 0.4) is 0 Å². The first-order chi connectivity index (χ1) is 9.86. The first kappa shape index (κ1) is 15.1. The zero-order chi connectivity index (χ0) is 15.7. The number of hydrogen-bond acceptors (Lipinski definition) is 4. The summed E-state index contributed by atoms with van der Waals surface area (Å²) in [7, 11) is 1.29. The molecule has 0 aliphatic carbocycles. The second kappa shape index (κ2) is 5.57. The number of halogens is 2. The topological polar surface area (TPSA) is 85.4 Å². The summed E-state index contributed by atoms with van der Waals surface area (Å²) >= 11 is 5.82. The average molecular weight is 311 g/mol. The van der Waals surface area contributed by atoms with E-state index in [-0.39, 0.29) is 33.4 Å². The van der Waals surface area contributed by atoms with E-state index in [0.29, 0.717) is 5.56 Å². The highest BCUT2D eigenvalue weighted by molar-refractivity contribution is 6.32. The standard InChI is InChI=1S/C14H12ClFN2O3/c1-6-9(17)5-10(18-12(6)14(19)20)7-3-4-8(15)13(21-2)11(7)16/h3-5H,1-2H3,(H2,17,18)(H,19,20). The Morgan fingerprint density at radius 3 is 2.71 bits per heavy atom. The molecule has 0 fully saturated rings. The lowest BCUT2D eigenvalue weighted by Gasteiger charge is -2.11. The van der Waals surface area contributed by atoms with Crippen molar-refractivity contribution in [1.82, 2.24) is 4.98 Å². The molecule has 0 saturated heterocycles. The van der Waals surface area contributed by atoms with Crippen LogP contribution in [0, 0.1) is 12.7 Å². The minimum absolute atomic E-state index is 0.0606. The smallest absolute Gasteiger partial charge is 0.354 e. The van der Waals surface area contributed by atoms with Gasteiger partial charge in [-0.15, -0.1) is 0 Å². The summed E-state index contributed by atoms with van der Waals surface area (Å²) in [4.78, 5) is 15.1. The van der Waals surface area contributed by atoms with Crippen molar-refractivity contribution >= 4 is 23.3 Å². The van der Waals surface area contributed by atoms with Crippen LogP contribution in [0.4, 0.5) is 10.1 Å². The van der Waals surface area contributed by atoms with Crippen molar-refractivity contribution in [3.63, 3.8) is 0 Å². The summed E-state index contributed by atoms with van der Waals surface area (Å²) in [6.07, 6.45) is 0. The summed E-state index contributed by atoms with van der Waals surface area (Å²) in [6, 6.07) is 4.24. The minimum atomic E-state index is -1.23. The van der Waals surface area contributed by atoms with Crippen LogP contribution < -0.4 is 10.5 Å². The molecule has 7 heteroatoms. The third-order valence-electron chi connectivity index (χ3n) is 3.04. The molecular weight excluding hydrogens is 299 g/mol. The number of carboxylic acids is 1. The van der Waals surface area contributed by atoms with Crippen LogP contribution in [-0.4, -0.2) is 23.2 Å². The van der Waals surface area contributed by atoms with Gasteiger partial charge in [-0.2, -0.15) is 0 Å². The Morgan fingerprint density at radius 2 is 2.14 bits per heavy atom. The van der Waals surface area contributed by atoms with Crippen LogP contribution in [0.1, 0.15) is 16.1 Å². The van der Waals surface area contributed by atoms with E-state index >= 15 is 0 Å². The lowest BCUT2D eigenvalue weighted by atomic mass is 10.1. The number of nitrogens with two attached hydrogens (primary N) is 1. The number of hydrogen-bond donors (Lipinski definition) is 2. The maximum Gasteiger partial charge on any atom is 0.354 e. The van der Waals surface area contributed by atoms with Crippen LogP contribution in [0.5, 0.6) is 5.75 Å². The molecular formula is C14H12ClFN2O3. The number of nitrogens with zero attached hydrogens (tertiary/aromatic N) is 1. The zero-order valence-corrected chi connectivity index (χ0v) is 12.0. The van der Waals surface area contributed by atoms with Crippen molar-refractivity contribution in [2.45, 2.75) is 6.92 Å². The van der Waals surface area contributed by atoms with Crippen molar-refractivity contribution in [2.24, 2.45) is 0 Å². The first-order valence-corrected chi connectivity index (χ1v) is 6.27. The number of carbonyl (C=O) groups is 1. The molecule has 0 radical (unpaired) electrons. The largest absolute Gasteiger partial charge is 0.492 e. The number of rotatable bonds is 3. The van der Waals surface area contributed by atoms with Gasteiger partial charge < -0.3 is 15.6 Å². The highest BCUT2D eigenvalue weighted by Crippen LogP contribution is 2.35. The van der Waals surface area contributed by atoms with Crippen LogP contribution >= 0.6 is 11.6 Å². The van der Waals surface area contributed by atoms with E-state index in [1.165, 1.54) is 32.2 Å². The van der Waals surface area contributed by atoms with Crippen LogP contribution in [-0.2, 0) is 0 Å². The number of benzene rings is 1. The number of carboxylic acid groups (broad SMARTS) is 1. The quantitative estimate of drug-likeness (QED) is 0.909. The van der Waals surface area contributed by atoms with E-state index < -0.39 is 11.8 Å². The Kier molecular flexibility index (Phi) is 3.99. The molecule has 0 aliphatic rings. The van der Waals surface area contributed by atoms with Gasteiger partial charge in [-0.3, -0.25) is 0 Å². The summed E-state index contributed by atoms with van der Waals surface area (Å²) in [5.41, 5.74) is 6.24. The molecule has 110 valence electrons. The van der Waals surface area contributed by atoms with Gasteiger partial charge in [0.1, 0.15) is 0 Å². The number of aromatic nitrogens is 1. The molecule has 1 aromatic heterocycles. The highest BCUT2D eigenvalue weighted by Gasteiger charge is 2.19. The Morgan fingerprint density at radius 1 is 1.48 bits per heavy atom. The lowest BCUT2D eigenvalue weighted by Crippen LogP contribution is -2.08. The predicted octanol–water partition coefficient (Wildman–Crippen LogP) is 3.14. The monoisotopic (exact) mass is 310 g/mol. The maximum atomic E-state index is 14.3. The van der Waals surface area contributed by atoms with Gasteiger partial charge in [-0.05, 0) is 25.1 Å². The summed E-state index contributed by atoms with van der Waals surface area (Å²) in [6.45, 7) is 1.54. The molecule has 2 rings (SSSR count). The van der Waals surface area contributed by atoms with Crippen molar-refractivity contribution in [2.75, 3.05) is 12.8 Å². The van der Waals surface area contributed by atoms with Crippen LogP contribution in [0.2, 0.25) is 5.02 Å². The van der Waals surface area contributed by atoms with Gasteiger partial charge >= 0.3 is 5.97 Å². The molecule has 5 nitrogen and oxygen atoms in total. The Labute approximate surface area is 125 Å². The number of ether oxygens (including phenoxy) is 1. The zero-order valence-electron chi connectivity index (χ0n) is 11.3. The fourth-order valence-corrected chi connectivity index (χ4v) is 2.12. The Balaban J connectivity index is 2.71. The van der Waals surface area contributed by atoms with Gasteiger partial charge in [0.2, 0.25) is 0 Å². The predicted molar refractivity (Wildman–Crippen MR) is 77.3 cm³/mol. The molecule has 1 aromatic carbocycles. The molecule has 0 amide bonds. The normalized spacial score (nSPS) is 10.5. The van der Waals surface area contributed by atoms with Gasteiger partial charge in [-0.1, -0.05) is 11.6 Å². The molecule has 0 aliphatic heterocycles. The molecule has 2 aromatic rings. The molecule has 0 saturated carbocycles. The molecule has 0 bridgehead atoms. The van der Waals surface area contributed by atoms with Gasteiger partial charge in [0.15, 0.2) is 17.3 Å². The molecule has 0 atom stereocenters. The maximum absolute atomic E-state index is 14.3. The van der Waals surface area contributed by atoms with E-state index in [0.717, 1.165) is 0 Å². The van der Waals surface area contributed by atoms with Gasteiger partial charge in [0.25, 0.3) is 0 Å². The van der Waals surface area contributed by atoms with Crippen molar-refractivity contribution in [3.8, 4) is 17.0 Å². The van der Waals surface area contributed by atoms with Crippen molar-refractivity contribution in [1.29, 1.82) is 0 Å². The van der Waals surface area contributed by atoms with Crippen molar-refractivity contribution in [3.05, 3.63) is 40.3 Å². The minimum Gasteiger partial charge on any atom is -0.492 e. The second-order valence-electron chi connectivity index (χ2n) is 4.32. The van der Waals surface area contributed by atoms with Crippen LogP contribution in [0.25, 0.3) is 11.3 Å². The van der Waals surface area contributed by atoms with E-state index in [1.54, 1.807) is 0 Å².